The molecule has 1 N–H and O–H groups in total. The summed E-state index contributed by atoms with van der Waals surface area (Å²) in [6.07, 6.45) is 1.04. The molecule has 0 aliphatic rings. The quantitative estimate of drug-likeness (QED) is 0.759. The number of likely N-dealkylation sites (N-methyl/N-ethyl adjacent to an activating group) is 1. The SMILES string of the molecule is CCC(NCCN(C)C(C)C)c1ccc(OC)c(OC)c1. The van der Waals surface area contributed by atoms with E-state index in [-0.39, 0.29) is 0 Å². The van der Waals surface area contributed by atoms with Crippen molar-refractivity contribution in [3.63, 3.8) is 0 Å². The van der Waals surface area contributed by atoms with Crippen LogP contribution in [0.4, 0.5) is 0 Å². The van der Waals surface area contributed by atoms with E-state index < -0.39 is 0 Å². The molecule has 4 heteroatoms. The lowest BCUT2D eigenvalue weighted by Gasteiger charge is -2.24. The maximum atomic E-state index is 5.38. The average molecular weight is 294 g/mol. The van der Waals surface area contributed by atoms with Gasteiger partial charge in [-0.3, -0.25) is 0 Å². The van der Waals surface area contributed by atoms with Crippen molar-refractivity contribution >= 4 is 0 Å². The Balaban J connectivity index is 2.67. The average Bonchev–Trinajstić information content (AvgIpc) is 2.50. The molecule has 4 nitrogen and oxygen atoms in total. The van der Waals surface area contributed by atoms with E-state index in [9.17, 15) is 0 Å². The van der Waals surface area contributed by atoms with Crippen LogP contribution >= 0.6 is 0 Å². The number of nitrogens with one attached hydrogen (secondary N) is 1. The number of nitrogens with zero attached hydrogens (tertiary/aromatic N) is 1. The molecule has 120 valence electrons. The van der Waals surface area contributed by atoms with Crippen molar-refractivity contribution in [2.24, 2.45) is 0 Å². The monoisotopic (exact) mass is 294 g/mol. The summed E-state index contributed by atoms with van der Waals surface area (Å²) in [5.74, 6) is 1.56. The van der Waals surface area contributed by atoms with Gasteiger partial charge in [-0.05, 0) is 45.0 Å². The van der Waals surface area contributed by atoms with Crippen molar-refractivity contribution in [2.75, 3.05) is 34.4 Å². The smallest absolute Gasteiger partial charge is 0.161 e. The fraction of sp³-hybridized carbons (Fsp3) is 0.647. The predicted molar refractivity (Wildman–Crippen MR) is 88.3 cm³/mol. The number of benzene rings is 1. The van der Waals surface area contributed by atoms with Crippen LogP contribution in [0.15, 0.2) is 18.2 Å². The summed E-state index contributed by atoms with van der Waals surface area (Å²) in [6.45, 7) is 8.64. The highest BCUT2D eigenvalue weighted by atomic mass is 16.5. The fourth-order valence-electron chi connectivity index (χ4n) is 2.24. The molecular formula is C17H30N2O2. The van der Waals surface area contributed by atoms with E-state index in [1.807, 2.05) is 6.07 Å². The summed E-state index contributed by atoms with van der Waals surface area (Å²) in [6, 6.07) is 7.05. The van der Waals surface area contributed by atoms with Crippen molar-refractivity contribution in [1.82, 2.24) is 10.2 Å². The third kappa shape index (κ3) is 5.21. The Morgan fingerprint density at radius 3 is 2.33 bits per heavy atom. The molecule has 0 saturated heterocycles. The lowest BCUT2D eigenvalue weighted by atomic mass is 10.0. The molecule has 0 saturated carbocycles. The van der Waals surface area contributed by atoms with Crippen LogP contribution in [0.5, 0.6) is 11.5 Å². The molecule has 0 aliphatic heterocycles. The molecule has 0 radical (unpaired) electrons. The molecule has 0 spiro atoms. The predicted octanol–water partition coefficient (Wildman–Crippen LogP) is 3.08. The van der Waals surface area contributed by atoms with Gasteiger partial charge in [0.15, 0.2) is 11.5 Å². The number of hydrogen-bond donors (Lipinski definition) is 1. The maximum absolute atomic E-state index is 5.38. The molecule has 0 bridgehead atoms. The first kappa shape index (κ1) is 17.8. The van der Waals surface area contributed by atoms with Gasteiger partial charge in [0.05, 0.1) is 14.2 Å². The summed E-state index contributed by atoms with van der Waals surface area (Å²) in [5, 5.41) is 3.62. The van der Waals surface area contributed by atoms with Crippen molar-refractivity contribution in [3.8, 4) is 11.5 Å². The van der Waals surface area contributed by atoms with Gasteiger partial charge in [-0.2, -0.15) is 0 Å². The van der Waals surface area contributed by atoms with Crippen LogP contribution in [-0.4, -0.2) is 45.3 Å². The molecule has 0 fully saturated rings. The molecular weight excluding hydrogens is 264 g/mol. The van der Waals surface area contributed by atoms with E-state index in [0.717, 1.165) is 31.0 Å². The van der Waals surface area contributed by atoms with Crippen molar-refractivity contribution in [1.29, 1.82) is 0 Å². The minimum atomic E-state index is 0.338. The Bertz CT molecular complexity index is 421. The third-order valence-corrected chi connectivity index (χ3v) is 3.96. The number of ether oxygens (including phenoxy) is 2. The lowest BCUT2D eigenvalue weighted by molar-refractivity contribution is 0.268. The molecule has 1 rings (SSSR count). The van der Waals surface area contributed by atoms with Gasteiger partial charge in [-0.25, -0.2) is 0 Å². The van der Waals surface area contributed by atoms with E-state index in [4.69, 9.17) is 9.47 Å². The maximum Gasteiger partial charge on any atom is 0.161 e. The zero-order valence-electron chi connectivity index (χ0n) is 14.3. The summed E-state index contributed by atoms with van der Waals surface area (Å²) in [5.41, 5.74) is 1.24. The van der Waals surface area contributed by atoms with E-state index in [0.29, 0.717) is 12.1 Å². The highest BCUT2D eigenvalue weighted by Crippen LogP contribution is 2.30. The second-order valence-corrected chi connectivity index (χ2v) is 5.60. The first-order valence-corrected chi connectivity index (χ1v) is 7.69. The second-order valence-electron chi connectivity index (χ2n) is 5.60. The van der Waals surface area contributed by atoms with Crippen LogP contribution in [0.2, 0.25) is 0 Å². The Labute approximate surface area is 129 Å². The first-order valence-electron chi connectivity index (χ1n) is 7.69. The summed E-state index contributed by atoms with van der Waals surface area (Å²) < 4.78 is 10.7. The molecule has 0 heterocycles. The van der Waals surface area contributed by atoms with Crippen LogP contribution in [-0.2, 0) is 0 Å². The Hall–Kier alpha value is -1.26. The normalized spacial score (nSPS) is 12.8. The molecule has 1 aromatic rings. The zero-order chi connectivity index (χ0) is 15.8. The van der Waals surface area contributed by atoms with Crippen LogP contribution in [0.25, 0.3) is 0 Å². The Morgan fingerprint density at radius 1 is 1.14 bits per heavy atom. The fourth-order valence-corrected chi connectivity index (χ4v) is 2.24. The van der Waals surface area contributed by atoms with Crippen LogP contribution in [0, 0.1) is 0 Å². The largest absolute Gasteiger partial charge is 0.493 e. The third-order valence-electron chi connectivity index (χ3n) is 3.96. The minimum Gasteiger partial charge on any atom is -0.493 e. The second kappa shape index (κ2) is 8.90. The van der Waals surface area contributed by atoms with Gasteiger partial charge in [0.2, 0.25) is 0 Å². The summed E-state index contributed by atoms with van der Waals surface area (Å²) in [7, 11) is 5.49. The topological polar surface area (TPSA) is 33.7 Å². The Morgan fingerprint density at radius 2 is 1.81 bits per heavy atom. The highest BCUT2D eigenvalue weighted by molar-refractivity contribution is 5.43. The van der Waals surface area contributed by atoms with Crippen LogP contribution in [0.3, 0.4) is 0 Å². The van der Waals surface area contributed by atoms with Crippen LogP contribution in [0.1, 0.15) is 38.8 Å². The lowest BCUT2D eigenvalue weighted by Crippen LogP contribution is -2.35. The summed E-state index contributed by atoms with van der Waals surface area (Å²) in [4.78, 5) is 2.34. The zero-order valence-corrected chi connectivity index (χ0v) is 14.3. The Kier molecular flexibility index (Phi) is 7.54. The number of hydrogen-bond acceptors (Lipinski definition) is 4. The van der Waals surface area contributed by atoms with E-state index >= 15 is 0 Å². The number of rotatable bonds is 9. The molecule has 0 aromatic heterocycles. The van der Waals surface area contributed by atoms with Gasteiger partial charge in [0.1, 0.15) is 0 Å². The summed E-state index contributed by atoms with van der Waals surface area (Å²) >= 11 is 0. The van der Waals surface area contributed by atoms with Gasteiger partial charge in [0.25, 0.3) is 0 Å². The van der Waals surface area contributed by atoms with Gasteiger partial charge in [-0.1, -0.05) is 13.0 Å². The van der Waals surface area contributed by atoms with Gasteiger partial charge in [0, 0.05) is 25.2 Å². The van der Waals surface area contributed by atoms with E-state index in [1.54, 1.807) is 14.2 Å². The molecule has 0 amide bonds. The molecule has 21 heavy (non-hydrogen) atoms. The van der Waals surface area contributed by atoms with Crippen molar-refractivity contribution in [2.45, 2.75) is 39.3 Å². The molecule has 0 aliphatic carbocycles. The van der Waals surface area contributed by atoms with Crippen LogP contribution < -0.4 is 14.8 Å². The number of methoxy groups -OCH3 is 2. The van der Waals surface area contributed by atoms with Crippen molar-refractivity contribution < 1.29 is 9.47 Å². The first-order chi connectivity index (χ1) is 10.0. The van der Waals surface area contributed by atoms with E-state index in [2.05, 4.69) is 50.2 Å². The van der Waals surface area contributed by atoms with Gasteiger partial charge < -0.3 is 19.7 Å². The van der Waals surface area contributed by atoms with Gasteiger partial charge in [-0.15, -0.1) is 0 Å². The molecule has 1 aromatic carbocycles. The van der Waals surface area contributed by atoms with E-state index in [1.165, 1.54) is 5.56 Å². The van der Waals surface area contributed by atoms with Gasteiger partial charge >= 0.3 is 0 Å². The standard InChI is InChI=1S/C17H30N2O2/c1-7-15(18-10-11-19(4)13(2)3)14-8-9-16(20-5)17(12-14)21-6/h8-9,12-13,15,18H,7,10-11H2,1-6H3. The minimum absolute atomic E-state index is 0.338. The molecule has 1 unspecified atom stereocenters. The highest BCUT2D eigenvalue weighted by Gasteiger charge is 2.13. The molecule has 1 atom stereocenters. The van der Waals surface area contributed by atoms with Crippen molar-refractivity contribution in [3.05, 3.63) is 23.8 Å².